The SMILES string of the molecule is CN(C)C1(c2ccccc2)CCC(Cc2cc(O[C@H]3C[C@@H](C(=O)O)N(C(=O)O)C3)ccc2Cl)CC1. The van der Waals surface area contributed by atoms with Crippen molar-refractivity contribution in [2.75, 3.05) is 20.6 Å². The molecule has 1 saturated heterocycles. The Morgan fingerprint density at radius 2 is 1.80 bits per heavy atom. The van der Waals surface area contributed by atoms with Gasteiger partial charge in [0.2, 0.25) is 0 Å². The number of nitrogens with zero attached hydrogens (tertiary/aromatic N) is 2. The molecule has 1 aliphatic carbocycles. The topological polar surface area (TPSA) is 90.3 Å². The first-order chi connectivity index (χ1) is 16.7. The number of likely N-dealkylation sites (tertiary alicyclic amines) is 1. The fourth-order valence-corrected chi connectivity index (χ4v) is 5.91. The lowest BCUT2D eigenvalue weighted by atomic mass is 9.70. The summed E-state index contributed by atoms with van der Waals surface area (Å²) < 4.78 is 6.01. The lowest BCUT2D eigenvalue weighted by Gasteiger charge is -2.45. The van der Waals surface area contributed by atoms with Crippen molar-refractivity contribution in [1.29, 1.82) is 0 Å². The molecule has 1 heterocycles. The van der Waals surface area contributed by atoms with Gasteiger partial charge in [-0.3, -0.25) is 9.80 Å². The molecular weight excluding hydrogens is 468 g/mol. The molecule has 1 saturated carbocycles. The van der Waals surface area contributed by atoms with Gasteiger partial charge in [0.25, 0.3) is 0 Å². The second-order valence-electron chi connectivity index (χ2n) is 9.96. The molecule has 8 heteroatoms. The maximum absolute atomic E-state index is 11.4. The van der Waals surface area contributed by atoms with Crippen molar-refractivity contribution in [2.45, 2.75) is 56.2 Å². The zero-order valence-electron chi connectivity index (χ0n) is 20.2. The highest BCUT2D eigenvalue weighted by molar-refractivity contribution is 6.31. The highest BCUT2D eigenvalue weighted by Gasteiger charge is 2.41. The molecule has 2 aromatic rings. The van der Waals surface area contributed by atoms with Crippen LogP contribution in [0.15, 0.2) is 48.5 Å². The number of halogens is 1. The van der Waals surface area contributed by atoms with Crippen molar-refractivity contribution >= 4 is 23.7 Å². The highest BCUT2D eigenvalue weighted by atomic mass is 35.5. The molecule has 1 amide bonds. The minimum Gasteiger partial charge on any atom is -0.488 e. The molecule has 0 radical (unpaired) electrons. The van der Waals surface area contributed by atoms with Crippen LogP contribution in [-0.2, 0) is 16.8 Å². The second-order valence-corrected chi connectivity index (χ2v) is 10.4. The number of carboxylic acids is 1. The zero-order chi connectivity index (χ0) is 25.2. The van der Waals surface area contributed by atoms with Gasteiger partial charge in [-0.25, -0.2) is 9.59 Å². The quantitative estimate of drug-likeness (QED) is 0.548. The van der Waals surface area contributed by atoms with Crippen LogP contribution < -0.4 is 4.74 Å². The van der Waals surface area contributed by atoms with Gasteiger partial charge in [0.05, 0.1) is 6.54 Å². The van der Waals surface area contributed by atoms with E-state index in [4.69, 9.17) is 16.3 Å². The van der Waals surface area contributed by atoms with Crippen LogP contribution in [0.5, 0.6) is 5.75 Å². The van der Waals surface area contributed by atoms with Gasteiger partial charge in [-0.2, -0.15) is 0 Å². The van der Waals surface area contributed by atoms with Gasteiger partial charge in [0, 0.05) is 17.0 Å². The Morgan fingerprint density at radius 1 is 1.11 bits per heavy atom. The molecule has 7 nitrogen and oxygen atoms in total. The normalized spacial score (nSPS) is 26.6. The van der Waals surface area contributed by atoms with Crippen LogP contribution in [0.25, 0.3) is 0 Å². The van der Waals surface area contributed by atoms with Crippen LogP contribution in [0.1, 0.15) is 43.2 Å². The Morgan fingerprint density at radius 3 is 2.37 bits per heavy atom. The molecule has 4 rings (SSSR count). The van der Waals surface area contributed by atoms with E-state index in [0.29, 0.717) is 16.7 Å². The van der Waals surface area contributed by atoms with Gasteiger partial charge in [0.1, 0.15) is 17.9 Å². The Bertz CT molecular complexity index is 1030. The predicted octanol–water partition coefficient (Wildman–Crippen LogP) is 5.11. The first-order valence-corrected chi connectivity index (χ1v) is 12.5. The van der Waals surface area contributed by atoms with E-state index in [1.54, 1.807) is 6.07 Å². The minimum absolute atomic E-state index is 0.0268. The number of ether oxygens (including phenoxy) is 1. The van der Waals surface area contributed by atoms with E-state index in [1.807, 2.05) is 12.1 Å². The van der Waals surface area contributed by atoms with Crippen molar-refractivity contribution in [3.8, 4) is 5.75 Å². The average Bonchev–Trinajstić information content (AvgIpc) is 3.27. The summed E-state index contributed by atoms with van der Waals surface area (Å²) in [5.74, 6) is -0.0599. The molecule has 2 fully saturated rings. The van der Waals surface area contributed by atoms with Crippen LogP contribution in [0, 0.1) is 5.92 Å². The first-order valence-electron chi connectivity index (χ1n) is 12.1. The summed E-state index contributed by atoms with van der Waals surface area (Å²) in [4.78, 5) is 26.1. The van der Waals surface area contributed by atoms with Crippen LogP contribution in [-0.4, -0.2) is 64.9 Å². The molecule has 0 bridgehead atoms. The third kappa shape index (κ3) is 5.41. The van der Waals surface area contributed by atoms with Crippen LogP contribution in [0.4, 0.5) is 4.79 Å². The van der Waals surface area contributed by atoms with Gasteiger partial charge < -0.3 is 14.9 Å². The van der Waals surface area contributed by atoms with Crippen molar-refractivity contribution in [2.24, 2.45) is 5.92 Å². The Balaban J connectivity index is 1.41. The summed E-state index contributed by atoms with van der Waals surface area (Å²) in [6.45, 7) is 0.0268. The number of aliphatic carboxylic acids is 1. The summed E-state index contributed by atoms with van der Waals surface area (Å²) >= 11 is 6.54. The fraction of sp³-hybridized carbons (Fsp3) is 0.481. The molecule has 0 spiro atoms. The Kier molecular flexibility index (Phi) is 7.57. The summed E-state index contributed by atoms with van der Waals surface area (Å²) in [5.41, 5.74) is 2.42. The zero-order valence-corrected chi connectivity index (χ0v) is 20.9. The van der Waals surface area contributed by atoms with Crippen LogP contribution in [0.2, 0.25) is 5.02 Å². The largest absolute Gasteiger partial charge is 0.488 e. The van der Waals surface area contributed by atoms with E-state index >= 15 is 0 Å². The number of hydrogen-bond acceptors (Lipinski definition) is 4. The third-order valence-corrected chi connectivity index (χ3v) is 8.09. The highest BCUT2D eigenvalue weighted by Crippen LogP contribution is 2.44. The predicted molar refractivity (Wildman–Crippen MR) is 134 cm³/mol. The van der Waals surface area contributed by atoms with E-state index in [-0.39, 0.29) is 18.5 Å². The van der Waals surface area contributed by atoms with Gasteiger partial charge >= 0.3 is 12.1 Å². The molecule has 1 aliphatic heterocycles. The molecule has 2 atom stereocenters. The molecule has 35 heavy (non-hydrogen) atoms. The van der Waals surface area contributed by atoms with E-state index < -0.39 is 24.2 Å². The first kappa shape index (κ1) is 25.3. The number of rotatable bonds is 7. The molecule has 188 valence electrons. The summed E-state index contributed by atoms with van der Waals surface area (Å²) in [5, 5.41) is 19.3. The van der Waals surface area contributed by atoms with Crippen LogP contribution >= 0.6 is 11.6 Å². The molecule has 0 aromatic heterocycles. The van der Waals surface area contributed by atoms with Gasteiger partial charge in [0.15, 0.2) is 0 Å². The molecule has 2 aromatic carbocycles. The monoisotopic (exact) mass is 500 g/mol. The Hall–Kier alpha value is -2.77. The number of hydrogen-bond donors (Lipinski definition) is 2. The van der Waals surface area contributed by atoms with Crippen molar-refractivity contribution < 1.29 is 24.5 Å². The fourth-order valence-electron chi connectivity index (χ4n) is 5.71. The van der Waals surface area contributed by atoms with Crippen molar-refractivity contribution in [3.63, 3.8) is 0 Å². The maximum atomic E-state index is 11.4. The van der Waals surface area contributed by atoms with Crippen LogP contribution in [0.3, 0.4) is 0 Å². The summed E-state index contributed by atoms with van der Waals surface area (Å²) in [7, 11) is 4.32. The number of carbonyl (C=O) groups is 2. The van der Waals surface area contributed by atoms with E-state index in [9.17, 15) is 19.8 Å². The number of carboxylic acid groups (broad SMARTS) is 2. The van der Waals surface area contributed by atoms with Gasteiger partial charge in [-0.05, 0) is 81.4 Å². The smallest absolute Gasteiger partial charge is 0.408 e. The standard InChI is InChI=1S/C27H33ClN2O5/c1-29(2)27(20-6-4-3-5-7-20)12-10-18(11-13-27)14-19-15-21(8-9-23(19)28)35-22-16-24(25(31)32)30(17-22)26(33)34/h3-9,15,18,22,24H,10-14,16-17H2,1-2H3,(H,31,32)(H,33,34)/t18?,22-,24-,27?/m0/s1. The van der Waals surface area contributed by atoms with Crippen molar-refractivity contribution in [3.05, 3.63) is 64.7 Å². The number of benzene rings is 2. The Labute approximate surface area is 211 Å². The lowest BCUT2D eigenvalue weighted by molar-refractivity contribution is -0.141. The maximum Gasteiger partial charge on any atom is 0.408 e. The van der Waals surface area contributed by atoms with E-state index in [0.717, 1.165) is 42.6 Å². The average molecular weight is 501 g/mol. The second kappa shape index (κ2) is 10.5. The summed E-state index contributed by atoms with van der Waals surface area (Å²) in [6, 6.07) is 15.1. The number of amides is 1. The molecule has 2 N–H and O–H groups in total. The molecule has 0 unspecified atom stereocenters. The van der Waals surface area contributed by atoms with Crippen molar-refractivity contribution in [1.82, 2.24) is 9.80 Å². The molecule has 2 aliphatic rings. The minimum atomic E-state index is -1.25. The van der Waals surface area contributed by atoms with Gasteiger partial charge in [-0.1, -0.05) is 41.9 Å². The summed E-state index contributed by atoms with van der Waals surface area (Å²) in [6.07, 6.45) is 3.53. The van der Waals surface area contributed by atoms with E-state index in [1.165, 1.54) is 5.56 Å². The third-order valence-electron chi connectivity index (χ3n) is 7.72. The molecular formula is C27H33ClN2O5. The van der Waals surface area contributed by atoms with E-state index in [2.05, 4.69) is 49.3 Å². The lowest BCUT2D eigenvalue weighted by Crippen LogP contribution is -2.44. The van der Waals surface area contributed by atoms with Gasteiger partial charge in [-0.15, -0.1) is 0 Å².